The molecule has 0 saturated carbocycles. The highest BCUT2D eigenvalue weighted by Crippen LogP contribution is 2.29. The molecule has 0 aliphatic carbocycles. The van der Waals surface area contributed by atoms with E-state index in [4.69, 9.17) is 0 Å². The lowest BCUT2D eigenvalue weighted by Crippen LogP contribution is -2.34. The van der Waals surface area contributed by atoms with Gasteiger partial charge in [-0.3, -0.25) is 14.5 Å². The SMILES string of the molecule is CCN(CC)CCNC(=O)c1ccc(N(C(=O)c2ccccc2)c2ccc(O)cc2)cc1. The van der Waals surface area contributed by atoms with Gasteiger partial charge in [-0.1, -0.05) is 32.0 Å². The third kappa shape index (κ3) is 5.74. The molecule has 0 atom stereocenters. The summed E-state index contributed by atoms with van der Waals surface area (Å²) in [4.78, 5) is 29.6. The normalized spacial score (nSPS) is 10.7. The Morgan fingerprint density at radius 1 is 0.781 bits per heavy atom. The lowest BCUT2D eigenvalue weighted by atomic mass is 10.1. The molecular formula is C26H29N3O3. The summed E-state index contributed by atoms with van der Waals surface area (Å²) in [6, 6.07) is 22.4. The van der Waals surface area contributed by atoms with Crippen LogP contribution in [0, 0.1) is 0 Å². The van der Waals surface area contributed by atoms with E-state index in [-0.39, 0.29) is 17.6 Å². The van der Waals surface area contributed by atoms with E-state index in [2.05, 4.69) is 24.1 Å². The summed E-state index contributed by atoms with van der Waals surface area (Å²) < 4.78 is 0. The van der Waals surface area contributed by atoms with Gasteiger partial charge in [0.05, 0.1) is 0 Å². The molecule has 0 aliphatic heterocycles. The lowest BCUT2D eigenvalue weighted by Gasteiger charge is -2.23. The Hall–Kier alpha value is -3.64. The predicted molar refractivity (Wildman–Crippen MR) is 128 cm³/mol. The van der Waals surface area contributed by atoms with Crippen molar-refractivity contribution in [2.45, 2.75) is 13.8 Å². The smallest absolute Gasteiger partial charge is 0.262 e. The van der Waals surface area contributed by atoms with Crippen LogP contribution in [-0.4, -0.2) is 48.0 Å². The first-order chi connectivity index (χ1) is 15.5. The molecule has 6 heteroatoms. The Morgan fingerprint density at radius 2 is 1.34 bits per heavy atom. The number of phenols is 1. The van der Waals surface area contributed by atoms with E-state index in [0.29, 0.717) is 29.0 Å². The van der Waals surface area contributed by atoms with Crippen LogP contribution >= 0.6 is 0 Å². The van der Waals surface area contributed by atoms with E-state index >= 15 is 0 Å². The number of amides is 2. The minimum atomic E-state index is -0.201. The fraction of sp³-hybridized carbons (Fsp3) is 0.231. The summed E-state index contributed by atoms with van der Waals surface area (Å²) in [5, 5.41) is 12.6. The van der Waals surface area contributed by atoms with Crippen LogP contribution < -0.4 is 10.2 Å². The van der Waals surface area contributed by atoms with Crippen molar-refractivity contribution in [3.05, 3.63) is 90.0 Å². The highest BCUT2D eigenvalue weighted by Gasteiger charge is 2.20. The molecule has 0 aliphatic rings. The highest BCUT2D eigenvalue weighted by molar-refractivity contribution is 6.11. The van der Waals surface area contributed by atoms with Gasteiger partial charge in [0.15, 0.2) is 0 Å². The van der Waals surface area contributed by atoms with Crippen molar-refractivity contribution in [1.82, 2.24) is 10.2 Å². The largest absolute Gasteiger partial charge is 0.508 e. The topological polar surface area (TPSA) is 72.9 Å². The van der Waals surface area contributed by atoms with Gasteiger partial charge in [-0.05, 0) is 73.8 Å². The van der Waals surface area contributed by atoms with Crippen LogP contribution in [0.4, 0.5) is 11.4 Å². The highest BCUT2D eigenvalue weighted by atomic mass is 16.3. The molecule has 2 amide bonds. The summed E-state index contributed by atoms with van der Waals surface area (Å²) in [6.07, 6.45) is 0. The van der Waals surface area contributed by atoms with Crippen molar-refractivity contribution in [1.29, 1.82) is 0 Å². The van der Waals surface area contributed by atoms with Gasteiger partial charge in [0, 0.05) is 35.6 Å². The van der Waals surface area contributed by atoms with Crippen LogP contribution in [0.3, 0.4) is 0 Å². The molecule has 0 aromatic heterocycles. The molecule has 6 nitrogen and oxygen atoms in total. The number of hydrogen-bond donors (Lipinski definition) is 2. The van der Waals surface area contributed by atoms with Crippen LogP contribution in [-0.2, 0) is 0 Å². The Balaban J connectivity index is 1.80. The van der Waals surface area contributed by atoms with Gasteiger partial charge in [0.25, 0.3) is 11.8 Å². The van der Waals surface area contributed by atoms with Crippen molar-refractivity contribution < 1.29 is 14.7 Å². The van der Waals surface area contributed by atoms with E-state index in [0.717, 1.165) is 19.6 Å². The zero-order valence-corrected chi connectivity index (χ0v) is 18.5. The van der Waals surface area contributed by atoms with Gasteiger partial charge < -0.3 is 15.3 Å². The third-order valence-corrected chi connectivity index (χ3v) is 5.33. The van der Waals surface area contributed by atoms with Crippen molar-refractivity contribution in [3.63, 3.8) is 0 Å². The summed E-state index contributed by atoms with van der Waals surface area (Å²) in [5.74, 6) is -0.223. The predicted octanol–water partition coefficient (Wildman–Crippen LogP) is 4.44. The monoisotopic (exact) mass is 431 g/mol. The fourth-order valence-corrected chi connectivity index (χ4v) is 3.43. The number of anilines is 2. The molecule has 2 N–H and O–H groups in total. The molecule has 0 saturated heterocycles. The first-order valence-corrected chi connectivity index (χ1v) is 10.8. The number of nitrogens with zero attached hydrogens (tertiary/aromatic N) is 2. The molecule has 0 bridgehead atoms. The van der Waals surface area contributed by atoms with Gasteiger partial charge in [0.2, 0.25) is 0 Å². The van der Waals surface area contributed by atoms with Crippen molar-refractivity contribution in [2.24, 2.45) is 0 Å². The maximum atomic E-state index is 13.3. The number of likely N-dealkylation sites (N-methyl/N-ethyl adjacent to an activating group) is 1. The summed E-state index contributed by atoms with van der Waals surface area (Å²) in [6.45, 7) is 7.47. The molecule has 0 fully saturated rings. The van der Waals surface area contributed by atoms with Gasteiger partial charge in [-0.25, -0.2) is 0 Å². The van der Waals surface area contributed by atoms with Crippen LogP contribution in [0.1, 0.15) is 34.6 Å². The van der Waals surface area contributed by atoms with Gasteiger partial charge in [-0.2, -0.15) is 0 Å². The number of carbonyl (C=O) groups is 2. The molecule has 166 valence electrons. The number of benzene rings is 3. The molecule has 3 aromatic rings. The number of carbonyl (C=O) groups excluding carboxylic acids is 2. The molecule has 0 unspecified atom stereocenters. The van der Waals surface area contributed by atoms with Crippen LogP contribution in [0.2, 0.25) is 0 Å². The Bertz CT molecular complexity index is 1010. The van der Waals surface area contributed by atoms with Gasteiger partial charge in [0.1, 0.15) is 5.75 Å². The molecule has 3 aromatic carbocycles. The number of nitrogens with one attached hydrogen (secondary N) is 1. The molecule has 3 rings (SSSR count). The summed E-state index contributed by atoms with van der Waals surface area (Å²) in [5.41, 5.74) is 2.32. The second-order valence-electron chi connectivity index (χ2n) is 7.35. The van der Waals surface area contributed by atoms with Crippen molar-refractivity contribution >= 4 is 23.2 Å². The molecule has 0 spiro atoms. The Kier molecular flexibility index (Phi) is 8.00. The molecule has 0 radical (unpaired) electrons. The maximum absolute atomic E-state index is 13.3. The number of phenolic OH excluding ortho intramolecular Hbond substituents is 1. The minimum Gasteiger partial charge on any atom is -0.508 e. The maximum Gasteiger partial charge on any atom is 0.262 e. The number of aromatic hydroxyl groups is 1. The van der Waals surface area contributed by atoms with Crippen molar-refractivity contribution in [3.8, 4) is 5.75 Å². The number of rotatable bonds is 9. The van der Waals surface area contributed by atoms with E-state index in [9.17, 15) is 14.7 Å². The van der Waals surface area contributed by atoms with Crippen LogP contribution in [0.25, 0.3) is 0 Å². The van der Waals surface area contributed by atoms with Crippen LogP contribution in [0.15, 0.2) is 78.9 Å². The molecule has 32 heavy (non-hydrogen) atoms. The molecular weight excluding hydrogens is 402 g/mol. The van der Waals surface area contributed by atoms with E-state index in [1.54, 1.807) is 53.4 Å². The van der Waals surface area contributed by atoms with Gasteiger partial charge in [-0.15, -0.1) is 0 Å². The quantitative estimate of drug-likeness (QED) is 0.525. The lowest BCUT2D eigenvalue weighted by molar-refractivity contribution is 0.0948. The molecule has 0 heterocycles. The van der Waals surface area contributed by atoms with Crippen molar-refractivity contribution in [2.75, 3.05) is 31.1 Å². The average molecular weight is 432 g/mol. The first-order valence-electron chi connectivity index (χ1n) is 10.8. The first kappa shape index (κ1) is 23.0. The average Bonchev–Trinajstić information content (AvgIpc) is 2.84. The number of hydrogen-bond acceptors (Lipinski definition) is 4. The Morgan fingerprint density at radius 3 is 1.91 bits per heavy atom. The van der Waals surface area contributed by atoms with E-state index in [1.807, 2.05) is 18.2 Å². The fourth-order valence-electron chi connectivity index (χ4n) is 3.43. The Labute approximate surface area is 189 Å². The van der Waals surface area contributed by atoms with E-state index in [1.165, 1.54) is 12.1 Å². The standard InChI is InChI=1S/C26H29N3O3/c1-3-28(4-2)19-18-27-25(31)20-10-12-22(13-11-20)29(23-14-16-24(30)17-15-23)26(32)21-8-6-5-7-9-21/h5-17,30H,3-4,18-19H2,1-2H3,(H,27,31). The third-order valence-electron chi connectivity index (χ3n) is 5.33. The summed E-state index contributed by atoms with van der Waals surface area (Å²) >= 11 is 0. The van der Waals surface area contributed by atoms with E-state index < -0.39 is 0 Å². The summed E-state index contributed by atoms with van der Waals surface area (Å²) in [7, 11) is 0. The minimum absolute atomic E-state index is 0.123. The second kappa shape index (κ2) is 11.1. The zero-order chi connectivity index (χ0) is 22.9. The second-order valence-corrected chi connectivity index (χ2v) is 7.35. The zero-order valence-electron chi connectivity index (χ0n) is 18.5. The van der Waals surface area contributed by atoms with Crippen LogP contribution in [0.5, 0.6) is 5.75 Å². The van der Waals surface area contributed by atoms with Gasteiger partial charge >= 0.3 is 0 Å².